The SMILES string of the molecule is C[C@@H](NC[C@@H]1CN(c2c(F)cc(C(=O)O)cc2F)C[C@@H]1c1cccc(F)c1F)c1cccc2ccccc12. The summed E-state index contributed by atoms with van der Waals surface area (Å²) >= 11 is 0. The Labute approximate surface area is 217 Å². The number of nitrogens with one attached hydrogen (secondary N) is 1. The van der Waals surface area contributed by atoms with Crippen LogP contribution in [0.1, 0.15) is 40.4 Å². The van der Waals surface area contributed by atoms with Crippen LogP contribution in [0.3, 0.4) is 0 Å². The van der Waals surface area contributed by atoms with Crippen molar-refractivity contribution in [1.82, 2.24) is 5.32 Å². The Balaban J connectivity index is 1.45. The molecule has 0 bridgehead atoms. The summed E-state index contributed by atoms with van der Waals surface area (Å²) in [5.41, 5.74) is 0.340. The molecule has 0 saturated carbocycles. The number of carboxylic acid groups (broad SMARTS) is 1. The van der Waals surface area contributed by atoms with Gasteiger partial charge in [0.25, 0.3) is 0 Å². The normalized spacial score (nSPS) is 18.2. The number of fused-ring (bicyclic) bond motifs is 1. The molecule has 196 valence electrons. The first-order valence-electron chi connectivity index (χ1n) is 12.4. The van der Waals surface area contributed by atoms with Gasteiger partial charge in [0.15, 0.2) is 11.6 Å². The Morgan fingerprint density at radius 2 is 1.63 bits per heavy atom. The smallest absolute Gasteiger partial charge is 0.335 e. The fraction of sp³-hybridized carbons (Fsp3) is 0.233. The van der Waals surface area contributed by atoms with Gasteiger partial charge < -0.3 is 15.3 Å². The molecule has 1 aliphatic heterocycles. The van der Waals surface area contributed by atoms with E-state index in [1.165, 1.54) is 17.0 Å². The maximum absolute atomic E-state index is 14.9. The summed E-state index contributed by atoms with van der Waals surface area (Å²) in [6.45, 7) is 2.58. The molecule has 0 spiro atoms. The molecule has 1 fully saturated rings. The second kappa shape index (κ2) is 10.5. The van der Waals surface area contributed by atoms with Gasteiger partial charge in [0, 0.05) is 31.6 Å². The van der Waals surface area contributed by atoms with E-state index in [9.17, 15) is 22.4 Å². The Bertz CT molecular complexity index is 1480. The van der Waals surface area contributed by atoms with Crippen molar-refractivity contribution in [3.05, 3.63) is 113 Å². The number of aromatic carboxylic acids is 1. The predicted molar refractivity (Wildman–Crippen MR) is 138 cm³/mol. The van der Waals surface area contributed by atoms with Crippen LogP contribution in [0.25, 0.3) is 10.8 Å². The van der Waals surface area contributed by atoms with Gasteiger partial charge in [-0.1, -0.05) is 54.6 Å². The minimum atomic E-state index is -1.44. The van der Waals surface area contributed by atoms with E-state index in [1.54, 1.807) is 0 Å². The Hall–Kier alpha value is -3.91. The van der Waals surface area contributed by atoms with Crippen LogP contribution in [0.2, 0.25) is 0 Å². The van der Waals surface area contributed by atoms with Crippen LogP contribution in [0.4, 0.5) is 23.2 Å². The van der Waals surface area contributed by atoms with Crippen molar-refractivity contribution in [3.8, 4) is 0 Å². The third kappa shape index (κ3) is 4.84. The third-order valence-electron chi connectivity index (χ3n) is 7.38. The number of hydrogen-bond acceptors (Lipinski definition) is 3. The highest BCUT2D eigenvalue weighted by Gasteiger charge is 2.38. The van der Waals surface area contributed by atoms with Crippen LogP contribution >= 0.6 is 0 Å². The highest BCUT2D eigenvalue weighted by atomic mass is 19.2. The summed E-state index contributed by atoms with van der Waals surface area (Å²) in [4.78, 5) is 12.7. The molecule has 0 aliphatic carbocycles. The maximum Gasteiger partial charge on any atom is 0.335 e. The molecule has 0 radical (unpaired) electrons. The molecule has 4 aromatic carbocycles. The Kier molecular flexibility index (Phi) is 7.08. The molecule has 4 aromatic rings. The molecule has 38 heavy (non-hydrogen) atoms. The van der Waals surface area contributed by atoms with Crippen molar-refractivity contribution in [1.29, 1.82) is 0 Å². The molecule has 1 aliphatic rings. The number of carboxylic acids is 1. The van der Waals surface area contributed by atoms with E-state index < -0.39 is 40.7 Å². The number of rotatable bonds is 7. The van der Waals surface area contributed by atoms with E-state index in [0.29, 0.717) is 6.54 Å². The largest absolute Gasteiger partial charge is 0.478 e. The minimum absolute atomic E-state index is 0.0373. The standard InChI is InChI=1S/C30H26F4N2O2/c1-17(21-9-4-7-18-6-2-3-8-22(18)21)35-14-20-15-36(16-24(20)23-10-5-11-25(31)28(23)34)29-26(32)12-19(30(37)38)13-27(29)33/h2-13,17,20,24,35H,14-16H2,1H3,(H,37,38)/t17-,20-,24+/m1/s1. The van der Waals surface area contributed by atoms with Gasteiger partial charge in [0.05, 0.1) is 5.56 Å². The van der Waals surface area contributed by atoms with E-state index in [1.807, 2.05) is 49.4 Å². The van der Waals surface area contributed by atoms with Gasteiger partial charge in [0.1, 0.15) is 17.3 Å². The van der Waals surface area contributed by atoms with E-state index in [0.717, 1.165) is 34.5 Å². The summed E-state index contributed by atoms with van der Waals surface area (Å²) in [6, 6.07) is 19.4. The summed E-state index contributed by atoms with van der Waals surface area (Å²) in [7, 11) is 0. The lowest BCUT2D eigenvalue weighted by atomic mass is 9.88. The maximum atomic E-state index is 14.9. The lowest BCUT2D eigenvalue weighted by Gasteiger charge is -2.23. The first kappa shape index (κ1) is 25.7. The molecular formula is C30H26F4N2O2. The number of hydrogen-bond donors (Lipinski definition) is 2. The average molecular weight is 523 g/mol. The van der Waals surface area contributed by atoms with E-state index in [2.05, 4.69) is 5.32 Å². The van der Waals surface area contributed by atoms with Crippen molar-refractivity contribution >= 4 is 22.4 Å². The highest BCUT2D eigenvalue weighted by Crippen LogP contribution is 2.39. The second-order valence-electron chi connectivity index (χ2n) is 9.71. The van der Waals surface area contributed by atoms with Crippen LogP contribution in [0.15, 0.2) is 72.8 Å². The summed E-state index contributed by atoms with van der Waals surface area (Å²) < 4.78 is 58.8. The zero-order valence-corrected chi connectivity index (χ0v) is 20.6. The lowest BCUT2D eigenvalue weighted by Crippen LogP contribution is -2.30. The van der Waals surface area contributed by atoms with Crippen LogP contribution < -0.4 is 10.2 Å². The van der Waals surface area contributed by atoms with Crippen LogP contribution in [0.5, 0.6) is 0 Å². The monoisotopic (exact) mass is 522 g/mol. The number of carbonyl (C=O) groups is 1. The Morgan fingerprint density at radius 1 is 0.947 bits per heavy atom. The molecule has 1 heterocycles. The first-order chi connectivity index (χ1) is 18.2. The fourth-order valence-corrected chi connectivity index (χ4v) is 5.48. The van der Waals surface area contributed by atoms with Crippen LogP contribution in [-0.4, -0.2) is 30.7 Å². The molecular weight excluding hydrogens is 496 g/mol. The van der Waals surface area contributed by atoms with Crippen molar-refractivity contribution in [2.75, 3.05) is 24.5 Å². The number of anilines is 1. The van der Waals surface area contributed by atoms with Crippen LogP contribution in [-0.2, 0) is 0 Å². The number of halogens is 4. The van der Waals surface area contributed by atoms with Gasteiger partial charge in [-0.3, -0.25) is 0 Å². The quantitative estimate of drug-likeness (QED) is 0.267. The predicted octanol–water partition coefficient (Wildman–Crippen LogP) is 6.67. The molecule has 8 heteroatoms. The molecule has 5 rings (SSSR count). The zero-order valence-electron chi connectivity index (χ0n) is 20.6. The van der Waals surface area contributed by atoms with Gasteiger partial charge in [-0.25, -0.2) is 22.4 Å². The zero-order chi connectivity index (χ0) is 27.0. The average Bonchev–Trinajstić information content (AvgIpc) is 3.31. The van der Waals surface area contributed by atoms with E-state index in [-0.39, 0.29) is 36.3 Å². The van der Waals surface area contributed by atoms with Crippen molar-refractivity contribution in [2.45, 2.75) is 18.9 Å². The molecule has 2 N–H and O–H groups in total. The van der Waals surface area contributed by atoms with Gasteiger partial charge in [-0.2, -0.15) is 0 Å². The summed E-state index contributed by atoms with van der Waals surface area (Å²) in [5, 5.41) is 14.8. The number of benzene rings is 4. The lowest BCUT2D eigenvalue weighted by molar-refractivity contribution is 0.0695. The molecule has 1 saturated heterocycles. The third-order valence-corrected chi connectivity index (χ3v) is 7.38. The molecule has 0 amide bonds. The van der Waals surface area contributed by atoms with Gasteiger partial charge in [-0.05, 0) is 52.9 Å². The number of nitrogens with zero attached hydrogens (tertiary/aromatic N) is 1. The Morgan fingerprint density at radius 3 is 2.37 bits per heavy atom. The van der Waals surface area contributed by atoms with Crippen molar-refractivity contribution in [3.63, 3.8) is 0 Å². The van der Waals surface area contributed by atoms with Gasteiger partial charge in [-0.15, -0.1) is 0 Å². The molecule has 3 atom stereocenters. The summed E-state index contributed by atoms with van der Waals surface area (Å²) in [6.07, 6.45) is 0. The van der Waals surface area contributed by atoms with E-state index >= 15 is 0 Å². The molecule has 0 unspecified atom stereocenters. The fourth-order valence-electron chi connectivity index (χ4n) is 5.48. The second-order valence-corrected chi connectivity index (χ2v) is 9.71. The highest BCUT2D eigenvalue weighted by molar-refractivity contribution is 5.88. The van der Waals surface area contributed by atoms with E-state index in [4.69, 9.17) is 5.11 Å². The topological polar surface area (TPSA) is 52.6 Å². The first-order valence-corrected chi connectivity index (χ1v) is 12.4. The van der Waals surface area contributed by atoms with Crippen molar-refractivity contribution < 1.29 is 27.5 Å². The molecule has 0 aromatic heterocycles. The summed E-state index contributed by atoms with van der Waals surface area (Å²) in [5.74, 6) is -6.32. The minimum Gasteiger partial charge on any atom is -0.478 e. The van der Waals surface area contributed by atoms with Gasteiger partial charge in [0.2, 0.25) is 0 Å². The van der Waals surface area contributed by atoms with Crippen LogP contribution in [0, 0.1) is 29.2 Å². The van der Waals surface area contributed by atoms with Gasteiger partial charge >= 0.3 is 5.97 Å². The van der Waals surface area contributed by atoms with Crippen molar-refractivity contribution in [2.24, 2.45) is 5.92 Å². The molecule has 4 nitrogen and oxygen atoms in total.